The summed E-state index contributed by atoms with van der Waals surface area (Å²) < 4.78 is 11.1. The standard InChI is InChI=1S/C13H17ClN2O3/c1-13(2)18-6-9(7-19-13)16-11-5-8(12(15)17)3-4-10(11)14/h3-5,9,16H,6-7H2,1-2H3,(H2,15,17). The minimum atomic E-state index is -0.558. The Morgan fingerprint density at radius 3 is 2.63 bits per heavy atom. The van der Waals surface area contributed by atoms with Crippen LogP contribution in [0.1, 0.15) is 24.2 Å². The van der Waals surface area contributed by atoms with E-state index in [0.29, 0.717) is 29.5 Å². The van der Waals surface area contributed by atoms with Crippen molar-refractivity contribution in [2.75, 3.05) is 18.5 Å². The summed E-state index contributed by atoms with van der Waals surface area (Å²) in [5, 5.41) is 3.72. The van der Waals surface area contributed by atoms with Gasteiger partial charge in [-0.1, -0.05) is 11.6 Å². The molecule has 5 nitrogen and oxygen atoms in total. The molecule has 1 heterocycles. The van der Waals surface area contributed by atoms with E-state index in [1.54, 1.807) is 18.2 Å². The topological polar surface area (TPSA) is 73.6 Å². The molecule has 6 heteroatoms. The zero-order chi connectivity index (χ0) is 14.0. The Labute approximate surface area is 117 Å². The number of nitrogens with two attached hydrogens (primary N) is 1. The molecule has 0 aromatic heterocycles. The molecule has 0 aliphatic carbocycles. The molecule has 1 aromatic carbocycles. The quantitative estimate of drug-likeness (QED) is 0.890. The molecule has 1 aliphatic heterocycles. The summed E-state index contributed by atoms with van der Waals surface area (Å²) in [6.45, 7) is 4.74. The summed E-state index contributed by atoms with van der Waals surface area (Å²) in [5.41, 5.74) is 6.30. The van der Waals surface area contributed by atoms with Crippen LogP contribution in [0.2, 0.25) is 5.02 Å². The van der Waals surface area contributed by atoms with Crippen LogP contribution < -0.4 is 11.1 Å². The highest BCUT2D eigenvalue weighted by atomic mass is 35.5. The van der Waals surface area contributed by atoms with Crippen LogP contribution in [0.4, 0.5) is 5.69 Å². The average molecular weight is 285 g/mol. The van der Waals surface area contributed by atoms with Crippen molar-refractivity contribution in [2.45, 2.75) is 25.7 Å². The van der Waals surface area contributed by atoms with Gasteiger partial charge in [0.2, 0.25) is 5.91 Å². The highest BCUT2D eigenvalue weighted by molar-refractivity contribution is 6.33. The zero-order valence-electron chi connectivity index (χ0n) is 10.9. The van der Waals surface area contributed by atoms with Crippen LogP contribution in [-0.4, -0.2) is 30.9 Å². The maximum absolute atomic E-state index is 11.1. The number of hydrogen-bond donors (Lipinski definition) is 2. The van der Waals surface area contributed by atoms with Gasteiger partial charge in [0.15, 0.2) is 5.79 Å². The molecule has 1 aromatic rings. The second-order valence-electron chi connectivity index (χ2n) is 4.92. The second-order valence-corrected chi connectivity index (χ2v) is 5.33. The lowest BCUT2D eigenvalue weighted by Crippen LogP contribution is -2.45. The lowest BCUT2D eigenvalue weighted by atomic mass is 10.1. The Morgan fingerprint density at radius 2 is 2.05 bits per heavy atom. The van der Waals surface area contributed by atoms with Crippen LogP contribution in [0.5, 0.6) is 0 Å². The summed E-state index contributed by atoms with van der Waals surface area (Å²) in [5.74, 6) is -1.05. The van der Waals surface area contributed by atoms with Gasteiger partial charge < -0.3 is 20.5 Å². The van der Waals surface area contributed by atoms with Gasteiger partial charge in [0.25, 0.3) is 0 Å². The molecule has 19 heavy (non-hydrogen) atoms. The van der Waals surface area contributed by atoms with Crippen LogP contribution in [0.15, 0.2) is 18.2 Å². The van der Waals surface area contributed by atoms with Gasteiger partial charge in [0.05, 0.1) is 30.0 Å². The Kier molecular flexibility index (Phi) is 3.99. The number of amides is 1. The fourth-order valence-electron chi connectivity index (χ4n) is 1.78. The Balaban J connectivity index is 2.07. The third-order valence-electron chi connectivity index (χ3n) is 2.87. The SMILES string of the molecule is CC1(C)OCC(Nc2cc(C(N)=O)ccc2Cl)CO1. The number of ether oxygens (including phenoxy) is 2. The van der Waals surface area contributed by atoms with Gasteiger partial charge in [0.1, 0.15) is 0 Å². The Hall–Kier alpha value is -1.30. The predicted molar refractivity (Wildman–Crippen MR) is 73.4 cm³/mol. The number of nitrogens with one attached hydrogen (secondary N) is 1. The molecule has 0 bridgehead atoms. The van der Waals surface area contributed by atoms with Crippen LogP contribution in [0.3, 0.4) is 0 Å². The first-order chi connectivity index (χ1) is 8.87. The van der Waals surface area contributed by atoms with E-state index in [2.05, 4.69) is 5.32 Å². The maximum atomic E-state index is 11.1. The highest BCUT2D eigenvalue weighted by Gasteiger charge is 2.28. The van der Waals surface area contributed by atoms with E-state index < -0.39 is 11.7 Å². The van der Waals surface area contributed by atoms with Gasteiger partial charge in [-0.2, -0.15) is 0 Å². The summed E-state index contributed by atoms with van der Waals surface area (Å²) >= 11 is 6.08. The Bertz CT molecular complexity index is 481. The molecule has 1 saturated heterocycles. The van der Waals surface area contributed by atoms with Gasteiger partial charge in [-0.3, -0.25) is 4.79 Å². The largest absolute Gasteiger partial charge is 0.376 e. The summed E-state index contributed by atoms with van der Waals surface area (Å²) in [6, 6.07) is 4.84. The van der Waals surface area contributed by atoms with Crippen molar-refractivity contribution in [3.8, 4) is 0 Å². The molecule has 0 atom stereocenters. The van der Waals surface area contributed by atoms with Crippen molar-refractivity contribution >= 4 is 23.2 Å². The van der Waals surface area contributed by atoms with Crippen molar-refractivity contribution in [1.82, 2.24) is 0 Å². The van der Waals surface area contributed by atoms with Crippen LogP contribution >= 0.6 is 11.6 Å². The van der Waals surface area contributed by atoms with Crippen molar-refractivity contribution in [3.05, 3.63) is 28.8 Å². The third kappa shape index (κ3) is 3.59. The molecule has 104 valence electrons. The number of carbonyl (C=O) groups excluding carboxylic acids is 1. The molecule has 2 rings (SSSR count). The summed E-state index contributed by atoms with van der Waals surface area (Å²) in [7, 11) is 0. The first-order valence-electron chi connectivity index (χ1n) is 6.01. The number of halogens is 1. The molecular formula is C13H17ClN2O3. The van der Waals surface area contributed by atoms with Crippen molar-refractivity contribution in [2.24, 2.45) is 5.73 Å². The van der Waals surface area contributed by atoms with E-state index in [0.717, 1.165) is 0 Å². The smallest absolute Gasteiger partial charge is 0.248 e. The van der Waals surface area contributed by atoms with Crippen LogP contribution in [0, 0.1) is 0 Å². The van der Waals surface area contributed by atoms with Gasteiger partial charge in [-0.25, -0.2) is 0 Å². The van der Waals surface area contributed by atoms with Gasteiger partial charge in [-0.05, 0) is 32.0 Å². The van der Waals surface area contributed by atoms with E-state index in [1.165, 1.54) is 0 Å². The first kappa shape index (κ1) is 14.1. The molecule has 1 fully saturated rings. The molecular weight excluding hydrogens is 268 g/mol. The molecule has 3 N–H and O–H groups in total. The average Bonchev–Trinajstić information content (AvgIpc) is 2.34. The van der Waals surface area contributed by atoms with E-state index >= 15 is 0 Å². The van der Waals surface area contributed by atoms with Gasteiger partial charge >= 0.3 is 0 Å². The molecule has 1 amide bonds. The molecule has 0 saturated carbocycles. The van der Waals surface area contributed by atoms with Crippen molar-refractivity contribution < 1.29 is 14.3 Å². The number of primary amides is 1. The lowest BCUT2D eigenvalue weighted by Gasteiger charge is -2.35. The number of hydrogen-bond acceptors (Lipinski definition) is 4. The second kappa shape index (κ2) is 5.36. The first-order valence-corrected chi connectivity index (χ1v) is 6.39. The Morgan fingerprint density at radius 1 is 1.42 bits per heavy atom. The van der Waals surface area contributed by atoms with E-state index in [1.807, 2.05) is 13.8 Å². The maximum Gasteiger partial charge on any atom is 0.248 e. The monoisotopic (exact) mass is 284 g/mol. The van der Waals surface area contributed by atoms with Crippen LogP contribution in [0.25, 0.3) is 0 Å². The minimum absolute atomic E-state index is 0.0198. The molecule has 1 aliphatic rings. The summed E-state index contributed by atoms with van der Waals surface area (Å²) in [4.78, 5) is 11.1. The van der Waals surface area contributed by atoms with E-state index in [4.69, 9.17) is 26.8 Å². The fraction of sp³-hybridized carbons (Fsp3) is 0.462. The predicted octanol–water partition coefficient (Wildman–Crippen LogP) is 2.00. The highest BCUT2D eigenvalue weighted by Crippen LogP contribution is 2.25. The fourth-order valence-corrected chi connectivity index (χ4v) is 1.96. The van der Waals surface area contributed by atoms with Crippen molar-refractivity contribution in [1.29, 1.82) is 0 Å². The van der Waals surface area contributed by atoms with E-state index in [-0.39, 0.29) is 6.04 Å². The van der Waals surface area contributed by atoms with Gasteiger partial charge in [-0.15, -0.1) is 0 Å². The molecule has 0 radical (unpaired) electrons. The molecule has 0 spiro atoms. The number of anilines is 1. The third-order valence-corrected chi connectivity index (χ3v) is 3.20. The van der Waals surface area contributed by atoms with Crippen LogP contribution in [-0.2, 0) is 9.47 Å². The van der Waals surface area contributed by atoms with Gasteiger partial charge in [0, 0.05) is 5.56 Å². The number of benzene rings is 1. The number of rotatable bonds is 3. The van der Waals surface area contributed by atoms with Crippen molar-refractivity contribution in [3.63, 3.8) is 0 Å². The molecule has 0 unspecified atom stereocenters. The number of carbonyl (C=O) groups is 1. The van der Waals surface area contributed by atoms with E-state index in [9.17, 15) is 4.79 Å². The lowest BCUT2D eigenvalue weighted by molar-refractivity contribution is -0.247. The zero-order valence-corrected chi connectivity index (χ0v) is 11.7. The minimum Gasteiger partial charge on any atom is -0.376 e. The normalized spacial score (nSPS) is 19.1. The summed E-state index contributed by atoms with van der Waals surface area (Å²) in [6.07, 6.45) is 0.